The van der Waals surface area contributed by atoms with Crippen molar-refractivity contribution in [2.75, 3.05) is 5.32 Å². The second-order valence-corrected chi connectivity index (χ2v) is 9.68. The lowest BCUT2D eigenvalue weighted by molar-refractivity contribution is -0.117. The fourth-order valence-corrected chi connectivity index (χ4v) is 4.61. The first kappa shape index (κ1) is 20.1. The molecule has 3 aliphatic rings. The van der Waals surface area contributed by atoms with Gasteiger partial charge in [0.05, 0.1) is 6.20 Å². The topological polar surface area (TPSA) is 114 Å². The van der Waals surface area contributed by atoms with Crippen LogP contribution in [0.1, 0.15) is 74.2 Å². The molecule has 0 aliphatic heterocycles. The predicted octanol–water partition coefficient (Wildman–Crippen LogP) is 3.11. The van der Waals surface area contributed by atoms with Gasteiger partial charge in [-0.05, 0) is 63.9 Å². The molecule has 2 amide bonds. The van der Waals surface area contributed by atoms with Crippen LogP contribution in [0.15, 0.2) is 12.3 Å². The Morgan fingerprint density at radius 2 is 2.10 bits per heavy atom. The van der Waals surface area contributed by atoms with Crippen LogP contribution in [0.3, 0.4) is 0 Å². The molecule has 0 bridgehead atoms. The van der Waals surface area contributed by atoms with Crippen LogP contribution in [0.4, 0.5) is 10.6 Å². The number of amides is 2. The summed E-state index contributed by atoms with van der Waals surface area (Å²) >= 11 is 0. The molecule has 4 atom stereocenters. The zero-order valence-corrected chi connectivity index (χ0v) is 18.3. The molecule has 2 aromatic rings. The maximum Gasteiger partial charge on any atom is 0.407 e. The molecule has 0 spiro atoms. The molecule has 0 aromatic carbocycles. The molecule has 2 aromatic heterocycles. The first-order valence-corrected chi connectivity index (χ1v) is 11.1. The molecule has 166 valence electrons. The average Bonchev–Trinajstić information content (AvgIpc) is 3.48. The van der Waals surface area contributed by atoms with Crippen LogP contribution in [0.25, 0.3) is 0 Å². The highest BCUT2D eigenvalue weighted by molar-refractivity contribution is 5.94. The van der Waals surface area contributed by atoms with E-state index >= 15 is 0 Å². The Bertz CT molecular complexity index is 1010. The van der Waals surface area contributed by atoms with E-state index in [0.29, 0.717) is 5.82 Å². The van der Waals surface area contributed by atoms with Gasteiger partial charge in [-0.3, -0.25) is 14.6 Å². The lowest BCUT2D eigenvalue weighted by Crippen LogP contribution is -2.36. The van der Waals surface area contributed by atoms with Crippen molar-refractivity contribution in [1.82, 2.24) is 25.3 Å². The SMILES string of the molecule is Cc1c(C2C[C@H]2C(=O)Nc2cc([C@H]3CC[C@@H](OC(=O)NC4(C)CC4)C3)[nH]n2)cnn1C. The summed E-state index contributed by atoms with van der Waals surface area (Å²) in [4.78, 5) is 24.7. The fraction of sp³-hybridized carbons (Fsp3) is 0.636. The minimum Gasteiger partial charge on any atom is -0.446 e. The van der Waals surface area contributed by atoms with Gasteiger partial charge < -0.3 is 15.4 Å². The number of aryl methyl sites for hydroxylation is 1. The number of anilines is 1. The van der Waals surface area contributed by atoms with E-state index < -0.39 is 0 Å². The minimum absolute atomic E-state index is 0.00387. The highest BCUT2D eigenvalue weighted by atomic mass is 16.6. The average molecular weight is 427 g/mol. The highest BCUT2D eigenvalue weighted by Gasteiger charge is 2.45. The third-order valence-corrected chi connectivity index (χ3v) is 7.15. The van der Waals surface area contributed by atoms with Gasteiger partial charge in [-0.2, -0.15) is 10.2 Å². The summed E-state index contributed by atoms with van der Waals surface area (Å²) in [5.74, 6) is 1.02. The summed E-state index contributed by atoms with van der Waals surface area (Å²) in [6.07, 6.45) is 6.88. The first-order valence-electron chi connectivity index (χ1n) is 11.1. The van der Waals surface area contributed by atoms with Crippen LogP contribution in [0.5, 0.6) is 0 Å². The van der Waals surface area contributed by atoms with E-state index in [-0.39, 0.29) is 41.4 Å². The van der Waals surface area contributed by atoms with Gasteiger partial charge in [0.25, 0.3) is 0 Å². The van der Waals surface area contributed by atoms with Gasteiger partial charge >= 0.3 is 6.09 Å². The van der Waals surface area contributed by atoms with Crippen LogP contribution < -0.4 is 10.6 Å². The van der Waals surface area contributed by atoms with Crippen molar-refractivity contribution in [3.05, 3.63) is 29.2 Å². The number of alkyl carbamates (subject to hydrolysis) is 1. The Morgan fingerprint density at radius 3 is 2.81 bits per heavy atom. The monoisotopic (exact) mass is 426 g/mol. The molecule has 0 saturated heterocycles. The van der Waals surface area contributed by atoms with Crippen molar-refractivity contribution in [2.24, 2.45) is 13.0 Å². The molecule has 1 unspecified atom stereocenters. The number of H-pyrrole nitrogens is 1. The minimum atomic E-state index is -0.314. The van der Waals surface area contributed by atoms with Gasteiger partial charge in [0.2, 0.25) is 5.91 Å². The second kappa shape index (κ2) is 7.39. The van der Waals surface area contributed by atoms with E-state index in [2.05, 4.69) is 25.9 Å². The summed E-state index contributed by atoms with van der Waals surface area (Å²) in [7, 11) is 1.92. The molecule has 3 fully saturated rings. The Labute approximate surface area is 181 Å². The molecule has 3 aliphatic carbocycles. The summed E-state index contributed by atoms with van der Waals surface area (Å²) in [6.45, 7) is 4.07. The van der Waals surface area contributed by atoms with E-state index in [4.69, 9.17) is 4.74 Å². The van der Waals surface area contributed by atoms with Crippen molar-refractivity contribution in [2.45, 2.75) is 75.9 Å². The van der Waals surface area contributed by atoms with Gasteiger partial charge in [0.1, 0.15) is 6.10 Å². The molecule has 3 N–H and O–H groups in total. The molecule has 9 heteroatoms. The van der Waals surface area contributed by atoms with E-state index in [9.17, 15) is 9.59 Å². The van der Waals surface area contributed by atoms with Gasteiger partial charge in [-0.25, -0.2) is 4.79 Å². The largest absolute Gasteiger partial charge is 0.446 e. The molecular weight excluding hydrogens is 396 g/mol. The predicted molar refractivity (Wildman–Crippen MR) is 114 cm³/mol. The number of rotatable bonds is 6. The van der Waals surface area contributed by atoms with Crippen LogP contribution in [-0.4, -0.2) is 43.6 Å². The zero-order valence-electron chi connectivity index (χ0n) is 18.3. The zero-order chi connectivity index (χ0) is 21.8. The maximum atomic E-state index is 12.6. The molecule has 0 radical (unpaired) electrons. The molecule has 5 rings (SSSR count). The summed E-state index contributed by atoms with van der Waals surface area (Å²) in [6, 6.07) is 1.91. The van der Waals surface area contributed by atoms with Gasteiger partial charge in [0, 0.05) is 41.9 Å². The number of carbonyl (C=O) groups is 2. The van der Waals surface area contributed by atoms with E-state index in [1.807, 2.05) is 37.8 Å². The summed E-state index contributed by atoms with van der Waals surface area (Å²) in [5.41, 5.74) is 3.18. The van der Waals surface area contributed by atoms with Crippen LogP contribution in [0.2, 0.25) is 0 Å². The van der Waals surface area contributed by atoms with Gasteiger partial charge in [-0.1, -0.05) is 0 Å². The number of nitrogens with zero attached hydrogens (tertiary/aromatic N) is 3. The molecular formula is C22H30N6O3. The first-order chi connectivity index (χ1) is 14.8. The number of ether oxygens (including phenoxy) is 1. The Hall–Kier alpha value is -2.84. The van der Waals surface area contributed by atoms with E-state index in [1.165, 1.54) is 0 Å². The molecule has 2 heterocycles. The Kier molecular flexibility index (Phi) is 4.79. The van der Waals surface area contributed by atoms with Crippen molar-refractivity contribution in [3.8, 4) is 0 Å². The second-order valence-electron chi connectivity index (χ2n) is 9.68. The van der Waals surface area contributed by atoms with Crippen molar-refractivity contribution < 1.29 is 14.3 Å². The lowest BCUT2D eigenvalue weighted by atomic mass is 10.0. The molecule has 31 heavy (non-hydrogen) atoms. The standard InChI is InChI=1S/C22H30N6O3/c1-12-17(11-23-28(12)3)15-9-16(15)20(29)24-19-10-18(26-27-19)13-4-5-14(8-13)31-21(30)25-22(2)6-7-22/h10-11,13-16H,4-9H2,1-3H3,(H,25,30)(H2,24,26,27,29)/t13-,14+,15?,16+/m0/s1. The number of aromatic nitrogens is 4. The highest BCUT2D eigenvalue weighted by Crippen LogP contribution is 2.49. The van der Waals surface area contributed by atoms with Gasteiger partial charge in [-0.15, -0.1) is 0 Å². The Balaban J connectivity index is 1.12. The van der Waals surface area contributed by atoms with Crippen LogP contribution in [-0.2, 0) is 16.6 Å². The normalized spacial score (nSPS) is 28.2. The van der Waals surface area contributed by atoms with Crippen molar-refractivity contribution >= 4 is 17.8 Å². The summed E-state index contributed by atoms with van der Waals surface area (Å²) < 4.78 is 7.44. The molecule has 9 nitrogen and oxygen atoms in total. The number of aromatic amines is 1. The molecule has 3 saturated carbocycles. The Morgan fingerprint density at radius 1 is 1.29 bits per heavy atom. The van der Waals surface area contributed by atoms with E-state index in [0.717, 1.165) is 55.5 Å². The smallest absolute Gasteiger partial charge is 0.407 e. The van der Waals surface area contributed by atoms with Crippen molar-refractivity contribution in [1.29, 1.82) is 0 Å². The quantitative estimate of drug-likeness (QED) is 0.657. The van der Waals surface area contributed by atoms with Crippen LogP contribution >= 0.6 is 0 Å². The third kappa shape index (κ3) is 4.18. The van der Waals surface area contributed by atoms with Crippen LogP contribution in [0, 0.1) is 12.8 Å². The van der Waals surface area contributed by atoms with E-state index in [1.54, 1.807) is 0 Å². The number of hydrogen-bond donors (Lipinski definition) is 3. The van der Waals surface area contributed by atoms with Crippen molar-refractivity contribution in [3.63, 3.8) is 0 Å². The maximum absolute atomic E-state index is 12.6. The van der Waals surface area contributed by atoms with Gasteiger partial charge in [0.15, 0.2) is 5.82 Å². The summed E-state index contributed by atoms with van der Waals surface area (Å²) in [5, 5.41) is 17.5. The number of carbonyl (C=O) groups excluding carboxylic acids is 2. The lowest BCUT2D eigenvalue weighted by Gasteiger charge is -2.16. The number of nitrogens with one attached hydrogen (secondary N) is 3. The number of hydrogen-bond acceptors (Lipinski definition) is 5. The third-order valence-electron chi connectivity index (χ3n) is 7.15. The fourth-order valence-electron chi connectivity index (χ4n) is 4.61.